The summed E-state index contributed by atoms with van der Waals surface area (Å²) in [6, 6.07) is 9.18. The lowest BCUT2D eigenvalue weighted by Crippen LogP contribution is -2.51. The fourth-order valence-corrected chi connectivity index (χ4v) is 3.37. The molecule has 0 aromatic heterocycles. The predicted molar refractivity (Wildman–Crippen MR) is 92.8 cm³/mol. The summed E-state index contributed by atoms with van der Waals surface area (Å²) in [4.78, 5) is 64.3. The van der Waals surface area contributed by atoms with Crippen molar-refractivity contribution < 1.29 is 24.0 Å². The number of anilines is 1. The third kappa shape index (κ3) is 2.13. The van der Waals surface area contributed by atoms with Crippen molar-refractivity contribution in [2.45, 2.75) is 13.0 Å². The molecule has 5 amide bonds. The highest BCUT2D eigenvalue weighted by Gasteiger charge is 2.47. The van der Waals surface area contributed by atoms with E-state index < -0.39 is 35.6 Å². The molecule has 2 aromatic rings. The number of nitrogens with two attached hydrogens (primary N) is 1. The minimum absolute atomic E-state index is 0.0166. The largest absolute Gasteiger partial charge is 0.398 e. The van der Waals surface area contributed by atoms with E-state index in [-0.39, 0.29) is 27.9 Å². The van der Waals surface area contributed by atoms with Gasteiger partial charge in [-0.3, -0.25) is 28.9 Å². The molecule has 0 bridgehead atoms. The van der Waals surface area contributed by atoms with E-state index >= 15 is 0 Å². The van der Waals surface area contributed by atoms with Crippen molar-refractivity contribution in [1.29, 1.82) is 0 Å². The molecule has 0 spiro atoms. The highest BCUT2D eigenvalue weighted by Crippen LogP contribution is 2.30. The van der Waals surface area contributed by atoms with E-state index in [2.05, 4.69) is 0 Å². The Morgan fingerprint density at radius 1 is 0.815 bits per heavy atom. The number of nitrogen functional groups attached to an aromatic ring is 1. The first kappa shape index (κ1) is 16.6. The number of hydrogen-bond acceptors (Lipinski definition) is 6. The molecule has 2 N–H and O–H groups in total. The smallest absolute Gasteiger partial charge is 0.270 e. The molecule has 2 aliphatic heterocycles. The summed E-state index contributed by atoms with van der Waals surface area (Å²) in [5, 5.41) is 0. The summed E-state index contributed by atoms with van der Waals surface area (Å²) in [5.41, 5.74) is 6.15. The fraction of sp³-hybridized carbons (Fsp3) is 0.105. The Morgan fingerprint density at radius 3 is 1.93 bits per heavy atom. The number of hydrogen-bond donors (Lipinski definition) is 1. The van der Waals surface area contributed by atoms with Gasteiger partial charge in [0.15, 0.2) is 0 Å². The maximum atomic E-state index is 12.9. The summed E-state index contributed by atoms with van der Waals surface area (Å²) in [5.74, 6) is -3.94. The molecule has 0 aliphatic carbocycles. The molecule has 0 radical (unpaired) electrons. The van der Waals surface area contributed by atoms with Gasteiger partial charge in [-0.2, -0.15) is 0 Å². The monoisotopic (exact) mass is 363 g/mol. The van der Waals surface area contributed by atoms with Gasteiger partial charge in [-0.25, -0.2) is 4.90 Å². The standard InChI is InChI=1S/C19H13N3O5/c1-9(21-16(24)10-5-2-3-6-11(10)17(21)25)15(23)22-18(26)12-7-4-8-13(20)14(12)19(22)27/h2-9H,20H2,1H3. The molecule has 1 unspecified atom stereocenters. The van der Waals surface area contributed by atoms with Gasteiger partial charge in [0.1, 0.15) is 6.04 Å². The topological polar surface area (TPSA) is 118 Å². The number of nitrogens with zero attached hydrogens (tertiary/aromatic N) is 2. The zero-order chi connectivity index (χ0) is 19.5. The Bertz CT molecular complexity index is 1040. The predicted octanol–water partition coefficient (Wildman–Crippen LogP) is 1.08. The van der Waals surface area contributed by atoms with Gasteiger partial charge in [0.25, 0.3) is 29.5 Å². The Balaban J connectivity index is 1.68. The van der Waals surface area contributed by atoms with Gasteiger partial charge in [-0.1, -0.05) is 18.2 Å². The van der Waals surface area contributed by atoms with Crippen molar-refractivity contribution in [3.8, 4) is 0 Å². The molecule has 8 heteroatoms. The van der Waals surface area contributed by atoms with E-state index in [4.69, 9.17) is 5.73 Å². The van der Waals surface area contributed by atoms with Crippen LogP contribution in [-0.4, -0.2) is 45.4 Å². The second kappa shape index (κ2) is 5.60. The van der Waals surface area contributed by atoms with Crippen LogP contribution in [0.1, 0.15) is 48.4 Å². The molecule has 27 heavy (non-hydrogen) atoms. The summed E-state index contributed by atoms with van der Waals surface area (Å²) in [6.07, 6.45) is 0. The van der Waals surface area contributed by atoms with Gasteiger partial charge in [0.2, 0.25) is 0 Å². The number of fused-ring (bicyclic) bond motifs is 2. The van der Waals surface area contributed by atoms with Crippen LogP contribution in [0.4, 0.5) is 5.69 Å². The number of benzene rings is 2. The summed E-state index contributed by atoms with van der Waals surface area (Å²) < 4.78 is 0. The van der Waals surface area contributed by atoms with Crippen LogP contribution in [0, 0.1) is 0 Å². The number of imide groups is 4. The van der Waals surface area contributed by atoms with Crippen molar-refractivity contribution in [2.75, 3.05) is 5.73 Å². The second-order valence-corrected chi connectivity index (χ2v) is 6.26. The number of amides is 5. The van der Waals surface area contributed by atoms with Crippen LogP contribution in [0.2, 0.25) is 0 Å². The first-order valence-electron chi connectivity index (χ1n) is 8.12. The van der Waals surface area contributed by atoms with Crippen LogP contribution >= 0.6 is 0 Å². The van der Waals surface area contributed by atoms with E-state index in [0.29, 0.717) is 4.90 Å². The molecule has 8 nitrogen and oxygen atoms in total. The van der Waals surface area contributed by atoms with Crippen molar-refractivity contribution >= 4 is 35.2 Å². The van der Waals surface area contributed by atoms with Gasteiger partial charge >= 0.3 is 0 Å². The van der Waals surface area contributed by atoms with Crippen molar-refractivity contribution in [3.05, 3.63) is 64.7 Å². The Labute approximate surface area is 153 Å². The van der Waals surface area contributed by atoms with Gasteiger partial charge in [-0.15, -0.1) is 0 Å². The lowest BCUT2D eigenvalue weighted by molar-refractivity contribution is -0.129. The van der Waals surface area contributed by atoms with Crippen molar-refractivity contribution in [1.82, 2.24) is 9.80 Å². The summed E-state index contributed by atoms with van der Waals surface area (Å²) in [7, 11) is 0. The van der Waals surface area contributed by atoms with Crippen LogP contribution in [0.15, 0.2) is 42.5 Å². The molecule has 2 heterocycles. The lowest BCUT2D eigenvalue weighted by Gasteiger charge is -2.24. The van der Waals surface area contributed by atoms with E-state index in [1.165, 1.54) is 37.3 Å². The van der Waals surface area contributed by atoms with E-state index in [0.717, 1.165) is 4.90 Å². The molecule has 1 atom stereocenters. The molecule has 134 valence electrons. The quantitative estimate of drug-likeness (QED) is 0.630. The van der Waals surface area contributed by atoms with Crippen LogP contribution in [-0.2, 0) is 4.79 Å². The lowest BCUT2D eigenvalue weighted by atomic mass is 10.1. The normalized spacial score (nSPS) is 16.6. The highest BCUT2D eigenvalue weighted by molar-refractivity contribution is 6.32. The first-order valence-corrected chi connectivity index (χ1v) is 8.12. The van der Waals surface area contributed by atoms with Crippen LogP contribution < -0.4 is 5.73 Å². The third-order valence-corrected chi connectivity index (χ3v) is 4.74. The molecule has 2 aromatic carbocycles. The first-order chi connectivity index (χ1) is 12.8. The van der Waals surface area contributed by atoms with Crippen LogP contribution in [0.5, 0.6) is 0 Å². The zero-order valence-corrected chi connectivity index (χ0v) is 14.1. The van der Waals surface area contributed by atoms with Crippen LogP contribution in [0.3, 0.4) is 0 Å². The maximum absolute atomic E-state index is 12.9. The third-order valence-electron chi connectivity index (χ3n) is 4.74. The van der Waals surface area contributed by atoms with Gasteiger partial charge in [0.05, 0.1) is 22.3 Å². The Kier molecular flexibility index (Phi) is 3.45. The average molecular weight is 363 g/mol. The summed E-state index contributed by atoms with van der Waals surface area (Å²) in [6.45, 7) is 1.30. The fourth-order valence-electron chi connectivity index (χ4n) is 3.37. The molecule has 4 rings (SSSR count). The second-order valence-electron chi connectivity index (χ2n) is 6.26. The van der Waals surface area contributed by atoms with Crippen molar-refractivity contribution in [3.63, 3.8) is 0 Å². The zero-order valence-electron chi connectivity index (χ0n) is 14.1. The summed E-state index contributed by atoms with van der Waals surface area (Å²) >= 11 is 0. The molecule has 2 aliphatic rings. The number of carbonyl (C=O) groups excluding carboxylic acids is 5. The molecule has 0 saturated carbocycles. The van der Waals surface area contributed by atoms with Gasteiger partial charge in [0, 0.05) is 5.69 Å². The van der Waals surface area contributed by atoms with Gasteiger partial charge < -0.3 is 5.73 Å². The minimum Gasteiger partial charge on any atom is -0.398 e. The highest BCUT2D eigenvalue weighted by atomic mass is 16.2. The molecule has 0 fully saturated rings. The van der Waals surface area contributed by atoms with E-state index in [9.17, 15) is 24.0 Å². The van der Waals surface area contributed by atoms with E-state index in [1.807, 2.05) is 0 Å². The Hall–Kier alpha value is -3.81. The average Bonchev–Trinajstić information content (AvgIpc) is 3.06. The SMILES string of the molecule is CC(C(=O)N1C(=O)c2cccc(N)c2C1=O)N1C(=O)c2ccccc2C1=O. The van der Waals surface area contributed by atoms with Crippen molar-refractivity contribution in [2.24, 2.45) is 0 Å². The number of carbonyl (C=O) groups is 5. The maximum Gasteiger partial charge on any atom is 0.270 e. The Morgan fingerprint density at radius 2 is 1.37 bits per heavy atom. The number of rotatable bonds is 2. The van der Waals surface area contributed by atoms with Crippen LogP contribution in [0.25, 0.3) is 0 Å². The minimum atomic E-state index is -1.33. The molecular formula is C19H13N3O5. The molecular weight excluding hydrogens is 350 g/mol. The van der Waals surface area contributed by atoms with E-state index in [1.54, 1.807) is 12.1 Å². The molecule has 0 saturated heterocycles. The van der Waals surface area contributed by atoms with Gasteiger partial charge in [-0.05, 0) is 31.2 Å².